The molecule has 150 valence electrons. The molecule has 0 N–H and O–H groups in total. The molecule has 2 saturated heterocycles. The number of benzene rings is 1. The zero-order chi connectivity index (χ0) is 19.7. The summed E-state index contributed by atoms with van der Waals surface area (Å²) in [6.45, 7) is 4.84. The predicted molar refractivity (Wildman–Crippen MR) is 105 cm³/mol. The van der Waals surface area contributed by atoms with E-state index in [-0.39, 0.29) is 17.0 Å². The van der Waals surface area contributed by atoms with Crippen LogP contribution in [0.1, 0.15) is 11.4 Å². The number of rotatable bonds is 5. The van der Waals surface area contributed by atoms with E-state index in [1.807, 2.05) is 25.1 Å². The third-order valence-corrected chi connectivity index (χ3v) is 7.24. The van der Waals surface area contributed by atoms with Crippen molar-refractivity contribution in [3.05, 3.63) is 53.9 Å². The second-order valence-electron chi connectivity index (χ2n) is 7.21. The van der Waals surface area contributed by atoms with E-state index in [0.717, 1.165) is 17.9 Å². The van der Waals surface area contributed by atoms with Crippen molar-refractivity contribution in [3.63, 3.8) is 0 Å². The monoisotopic (exact) mass is 403 g/mol. The van der Waals surface area contributed by atoms with Gasteiger partial charge in [0.1, 0.15) is 5.75 Å². The molecule has 2 atom stereocenters. The summed E-state index contributed by atoms with van der Waals surface area (Å²) >= 11 is 0. The van der Waals surface area contributed by atoms with Crippen LogP contribution in [0.15, 0.2) is 47.4 Å². The molecule has 2 aliphatic rings. The molecule has 2 fully saturated rings. The number of aryl methyl sites for hydroxylation is 1. The lowest BCUT2D eigenvalue weighted by molar-refractivity contribution is -0.0506. The Hall–Kier alpha value is -2.00. The number of nitrogens with zero attached hydrogens (tertiary/aromatic N) is 3. The normalized spacial score (nSPS) is 23.5. The van der Waals surface area contributed by atoms with Gasteiger partial charge < -0.3 is 9.47 Å². The first-order valence-corrected chi connectivity index (χ1v) is 10.8. The van der Waals surface area contributed by atoms with Crippen molar-refractivity contribution in [2.24, 2.45) is 0 Å². The summed E-state index contributed by atoms with van der Waals surface area (Å²) < 4.78 is 38.7. The van der Waals surface area contributed by atoms with E-state index in [9.17, 15) is 8.42 Å². The number of pyridine rings is 1. The quantitative estimate of drug-likeness (QED) is 0.756. The molecule has 0 spiro atoms. The molecule has 28 heavy (non-hydrogen) atoms. The Labute approximate surface area is 165 Å². The van der Waals surface area contributed by atoms with Gasteiger partial charge in [-0.2, -0.15) is 4.31 Å². The second-order valence-corrected chi connectivity index (χ2v) is 9.15. The van der Waals surface area contributed by atoms with Gasteiger partial charge in [-0.25, -0.2) is 8.42 Å². The molecule has 0 bridgehead atoms. The van der Waals surface area contributed by atoms with Gasteiger partial charge in [0.15, 0.2) is 0 Å². The van der Waals surface area contributed by atoms with E-state index in [4.69, 9.17) is 9.47 Å². The molecule has 1 aromatic heterocycles. The van der Waals surface area contributed by atoms with Gasteiger partial charge in [0.2, 0.25) is 10.0 Å². The Morgan fingerprint density at radius 1 is 1.18 bits per heavy atom. The molecule has 7 nitrogen and oxygen atoms in total. The van der Waals surface area contributed by atoms with E-state index >= 15 is 0 Å². The van der Waals surface area contributed by atoms with Crippen LogP contribution in [0.3, 0.4) is 0 Å². The van der Waals surface area contributed by atoms with Crippen LogP contribution in [0.2, 0.25) is 0 Å². The molecule has 3 heterocycles. The minimum absolute atomic E-state index is 0.0316. The van der Waals surface area contributed by atoms with Crippen LogP contribution in [-0.2, 0) is 21.3 Å². The highest BCUT2D eigenvalue weighted by atomic mass is 32.2. The topological polar surface area (TPSA) is 72.0 Å². The maximum Gasteiger partial charge on any atom is 0.243 e. The minimum atomic E-state index is -3.57. The van der Waals surface area contributed by atoms with Crippen molar-refractivity contribution in [2.45, 2.75) is 30.5 Å². The summed E-state index contributed by atoms with van der Waals surface area (Å²) in [5.74, 6) is 0.634. The molecular weight excluding hydrogens is 378 g/mol. The zero-order valence-electron chi connectivity index (χ0n) is 16.1. The summed E-state index contributed by atoms with van der Waals surface area (Å²) in [4.78, 5) is 7.15. The Balaban J connectivity index is 1.51. The maximum absolute atomic E-state index is 13.1. The van der Waals surface area contributed by atoms with Crippen LogP contribution in [0.25, 0.3) is 0 Å². The number of aromatic nitrogens is 1. The summed E-state index contributed by atoms with van der Waals surface area (Å²) in [5, 5.41) is 0. The first-order chi connectivity index (χ1) is 13.5. The van der Waals surface area contributed by atoms with Gasteiger partial charge in [0.25, 0.3) is 0 Å². The molecular formula is C20H25N3O4S. The number of hydrogen-bond donors (Lipinski definition) is 0. The van der Waals surface area contributed by atoms with E-state index in [0.29, 0.717) is 32.0 Å². The van der Waals surface area contributed by atoms with E-state index < -0.39 is 10.0 Å². The molecule has 0 saturated carbocycles. The lowest BCUT2D eigenvalue weighted by Crippen LogP contribution is -2.50. The smallest absolute Gasteiger partial charge is 0.243 e. The van der Waals surface area contributed by atoms with Crippen molar-refractivity contribution in [2.75, 3.05) is 33.4 Å². The average Bonchev–Trinajstić information content (AvgIpc) is 3.14. The predicted octanol–water partition coefficient (Wildman–Crippen LogP) is 1.67. The molecule has 0 unspecified atom stereocenters. The van der Waals surface area contributed by atoms with Gasteiger partial charge in [-0.3, -0.25) is 9.88 Å². The Bertz CT molecular complexity index is 933. The first-order valence-electron chi connectivity index (χ1n) is 9.40. The van der Waals surface area contributed by atoms with Crippen LogP contribution in [0, 0.1) is 6.92 Å². The van der Waals surface area contributed by atoms with E-state index in [1.165, 1.54) is 4.31 Å². The highest BCUT2D eigenvalue weighted by Crippen LogP contribution is 2.29. The van der Waals surface area contributed by atoms with Gasteiger partial charge in [0.05, 0.1) is 36.5 Å². The lowest BCUT2D eigenvalue weighted by Gasteiger charge is -2.36. The molecule has 2 aromatic rings. The summed E-state index contributed by atoms with van der Waals surface area (Å²) in [7, 11) is -2.01. The number of sulfonamides is 1. The van der Waals surface area contributed by atoms with Crippen molar-refractivity contribution in [1.29, 1.82) is 0 Å². The Morgan fingerprint density at radius 2 is 1.96 bits per heavy atom. The molecule has 2 aliphatic heterocycles. The number of morpholine rings is 1. The highest BCUT2D eigenvalue weighted by molar-refractivity contribution is 7.89. The molecule has 4 rings (SSSR count). The van der Waals surface area contributed by atoms with Crippen LogP contribution < -0.4 is 4.74 Å². The molecule has 0 aliphatic carbocycles. The third-order valence-electron chi connectivity index (χ3n) is 5.39. The van der Waals surface area contributed by atoms with Gasteiger partial charge in [-0.1, -0.05) is 6.07 Å². The standard InChI is InChI=1S/C20H25N3O4S/c1-15-4-3-5-16(21-15)12-22-10-11-27-20-14-23(13-19(20)22)28(24,25)18-8-6-17(26-2)7-9-18/h3-9,19-20H,10-14H2,1-2H3/t19-,20+/m0/s1. The van der Waals surface area contributed by atoms with Gasteiger partial charge in [0, 0.05) is 31.9 Å². The van der Waals surface area contributed by atoms with Crippen LogP contribution >= 0.6 is 0 Å². The van der Waals surface area contributed by atoms with Gasteiger partial charge >= 0.3 is 0 Å². The van der Waals surface area contributed by atoms with E-state index in [2.05, 4.69) is 9.88 Å². The highest BCUT2D eigenvalue weighted by Gasteiger charge is 2.44. The third kappa shape index (κ3) is 3.77. The van der Waals surface area contributed by atoms with Crippen molar-refractivity contribution >= 4 is 10.0 Å². The molecule has 0 radical (unpaired) electrons. The zero-order valence-corrected chi connectivity index (χ0v) is 16.9. The van der Waals surface area contributed by atoms with E-state index in [1.54, 1.807) is 31.4 Å². The second kappa shape index (κ2) is 7.79. The number of hydrogen-bond acceptors (Lipinski definition) is 6. The van der Waals surface area contributed by atoms with Crippen molar-refractivity contribution in [3.8, 4) is 5.75 Å². The minimum Gasteiger partial charge on any atom is -0.497 e. The molecule has 8 heteroatoms. The van der Waals surface area contributed by atoms with Crippen molar-refractivity contribution < 1.29 is 17.9 Å². The average molecular weight is 404 g/mol. The molecule has 1 aromatic carbocycles. The fourth-order valence-electron chi connectivity index (χ4n) is 3.91. The largest absolute Gasteiger partial charge is 0.497 e. The van der Waals surface area contributed by atoms with Crippen LogP contribution in [0.4, 0.5) is 0 Å². The van der Waals surface area contributed by atoms with Crippen LogP contribution in [0.5, 0.6) is 5.75 Å². The Morgan fingerprint density at radius 3 is 2.68 bits per heavy atom. The summed E-state index contributed by atoms with van der Waals surface area (Å²) in [6.07, 6.45) is -0.119. The summed E-state index contributed by atoms with van der Waals surface area (Å²) in [5.41, 5.74) is 1.98. The summed E-state index contributed by atoms with van der Waals surface area (Å²) in [6, 6.07) is 12.5. The van der Waals surface area contributed by atoms with Crippen molar-refractivity contribution in [1.82, 2.24) is 14.2 Å². The van der Waals surface area contributed by atoms with Crippen LogP contribution in [-0.4, -0.2) is 68.1 Å². The SMILES string of the molecule is COc1ccc(S(=O)(=O)N2C[C@H]3OCCN(Cc4cccc(C)n4)[C@H]3C2)cc1. The first kappa shape index (κ1) is 19.3. The fourth-order valence-corrected chi connectivity index (χ4v) is 5.38. The van der Waals surface area contributed by atoms with Gasteiger partial charge in [-0.15, -0.1) is 0 Å². The molecule has 0 amide bonds. The number of methoxy groups -OCH3 is 1. The van der Waals surface area contributed by atoms with Gasteiger partial charge in [-0.05, 0) is 43.3 Å². The number of fused-ring (bicyclic) bond motifs is 1. The number of ether oxygens (including phenoxy) is 2. The maximum atomic E-state index is 13.1. The lowest BCUT2D eigenvalue weighted by atomic mass is 10.1. The Kier molecular flexibility index (Phi) is 5.37. The fraction of sp³-hybridized carbons (Fsp3) is 0.450.